The molecule has 5 N–H and O–H groups in total. The van der Waals surface area contributed by atoms with Crippen LogP contribution in [0.2, 0.25) is 0 Å². The summed E-state index contributed by atoms with van der Waals surface area (Å²) in [5.74, 6) is -4.86. The van der Waals surface area contributed by atoms with Gasteiger partial charge in [0.25, 0.3) is 0 Å². The Balaban J connectivity index is 1.84. The van der Waals surface area contributed by atoms with Gasteiger partial charge < -0.3 is 25.5 Å². The molecule has 49 heavy (non-hydrogen) atoms. The summed E-state index contributed by atoms with van der Waals surface area (Å²) in [5.41, 5.74) is 0. The van der Waals surface area contributed by atoms with Crippen LogP contribution >= 0.6 is 0 Å². The Hall–Kier alpha value is -2.77. The van der Waals surface area contributed by atoms with E-state index in [9.17, 15) is 49.5 Å². The average Bonchev–Trinajstić information content (AvgIpc) is 3.06. The van der Waals surface area contributed by atoms with E-state index < -0.39 is 61.1 Å². The zero-order valence-corrected chi connectivity index (χ0v) is 29.3. The first-order valence-corrected chi connectivity index (χ1v) is 18.8. The van der Waals surface area contributed by atoms with Crippen molar-refractivity contribution in [3.05, 3.63) is 0 Å². The van der Waals surface area contributed by atoms with Crippen molar-refractivity contribution in [2.24, 2.45) is 17.8 Å². The predicted octanol–water partition coefficient (Wildman–Crippen LogP) is 4.72. The van der Waals surface area contributed by atoms with Crippen LogP contribution in [0, 0.1) is 17.8 Å². The molecular weight excluding hydrogens is 634 g/mol. The van der Waals surface area contributed by atoms with Crippen LogP contribution in [0.5, 0.6) is 0 Å². The monoisotopic (exact) mass is 695 g/mol. The molecule has 3 unspecified atom stereocenters. The Morgan fingerprint density at radius 2 is 0.776 bits per heavy atom. The van der Waals surface area contributed by atoms with Gasteiger partial charge in [-0.15, -0.1) is 0 Å². The Morgan fingerprint density at radius 3 is 1.10 bits per heavy atom. The molecule has 3 aliphatic rings. The molecule has 0 amide bonds. The molecule has 3 fully saturated rings. The van der Waals surface area contributed by atoms with Gasteiger partial charge in [0.2, 0.25) is 0 Å². The van der Waals surface area contributed by atoms with Gasteiger partial charge in [-0.25, -0.2) is 0 Å². The van der Waals surface area contributed by atoms with Crippen LogP contribution in [-0.4, -0.2) is 127 Å². The van der Waals surface area contributed by atoms with E-state index in [-0.39, 0.29) is 38.0 Å². The number of carboxylic acids is 5. The largest absolute Gasteiger partial charge is 0.480 e. The summed E-state index contributed by atoms with van der Waals surface area (Å²) >= 11 is 0. The molecule has 3 aliphatic carbocycles. The molecule has 0 aliphatic heterocycles. The van der Waals surface area contributed by atoms with E-state index in [2.05, 4.69) is 0 Å². The lowest BCUT2D eigenvalue weighted by Gasteiger charge is -2.37. The minimum Gasteiger partial charge on any atom is -0.480 e. The van der Waals surface area contributed by atoms with Crippen LogP contribution in [0.25, 0.3) is 0 Å². The topological polar surface area (TPSA) is 196 Å². The highest BCUT2D eigenvalue weighted by Gasteiger charge is 2.35. The molecular formula is C36H61N3O10. The van der Waals surface area contributed by atoms with E-state index in [4.69, 9.17) is 0 Å². The zero-order valence-electron chi connectivity index (χ0n) is 29.3. The molecule has 0 spiro atoms. The van der Waals surface area contributed by atoms with Crippen molar-refractivity contribution in [2.45, 2.75) is 140 Å². The maximum atomic E-state index is 12.8. The fraction of sp³-hybridized carbons (Fsp3) is 0.861. The van der Waals surface area contributed by atoms with E-state index in [1.807, 2.05) is 0 Å². The molecule has 0 bridgehead atoms. The fourth-order valence-corrected chi connectivity index (χ4v) is 8.60. The van der Waals surface area contributed by atoms with Crippen LogP contribution in [0.3, 0.4) is 0 Å². The molecule has 3 atom stereocenters. The number of aliphatic carboxylic acids is 5. The first-order valence-electron chi connectivity index (χ1n) is 18.8. The molecule has 0 heterocycles. The van der Waals surface area contributed by atoms with Crippen LogP contribution in [0.4, 0.5) is 0 Å². The van der Waals surface area contributed by atoms with Gasteiger partial charge >= 0.3 is 29.8 Å². The molecule has 0 saturated heterocycles. The van der Waals surface area contributed by atoms with Crippen molar-refractivity contribution in [1.29, 1.82) is 0 Å². The van der Waals surface area contributed by atoms with Gasteiger partial charge in [-0.2, -0.15) is 0 Å². The SMILES string of the molecule is O=C(O)CN(CCN(CCN(CC(=O)O)C(CC1CCCCC1)C(=O)O)C(CCC1CCCCC1)C(=O)O)C(CC1CCCCC1)C(=O)O. The van der Waals surface area contributed by atoms with Crippen LogP contribution in [0.1, 0.15) is 122 Å². The third-order valence-corrected chi connectivity index (χ3v) is 11.3. The second-order valence-corrected chi connectivity index (χ2v) is 14.9. The zero-order chi connectivity index (χ0) is 35.8. The summed E-state index contributed by atoms with van der Waals surface area (Å²) in [5, 5.41) is 50.4. The molecule has 0 aromatic carbocycles. The number of hydrogen-bond acceptors (Lipinski definition) is 8. The van der Waals surface area contributed by atoms with E-state index in [1.165, 1.54) is 16.2 Å². The number of nitrogens with zero attached hydrogens (tertiary/aromatic N) is 3. The van der Waals surface area contributed by atoms with Crippen LogP contribution in [-0.2, 0) is 24.0 Å². The van der Waals surface area contributed by atoms with Crippen molar-refractivity contribution >= 4 is 29.8 Å². The molecule has 3 saturated carbocycles. The lowest BCUT2D eigenvalue weighted by atomic mass is 9.84. The number of hydrogen-bond donors (Lipinski definition) is 5. The quantitative estimate of drug-likeness (QED) is 0.0986. The van der Waals surface area contributed by atoms with E-state index in [0.29, 0.717) is 31.6 Å². The maximum absolute atomic E-state index is 12.8. The molecule has 0 aromatic heterocycles. The van der Waals surface area contributed by atoms with E-state index in [1.54, 1.807) is 4.90 Å². The molecule has 3 rings (SSSR count). The lowest BCUT2D eigenvalue weighted by Crippen LogP contribution is -2.53. The number of carboxylic acid groups (broad SMARTS) is 5. The van der Waals surface area contributed by atoms with Crippen molar-refractivity contribution in [1.82, 2.24) is 14.7 Å². The lowest BCUT2D eigenvalue weighted by molar-refractivity contribution is -0.149. The smallest absolute Gasteiger partial charge is 0.320 e. The highest BCUT2D eigenvalue weighted by molar-refractivity contribution is 5.76. The van der Waals surface area contributed by atoms with Crippen molar-refractivity contribution in [3.63, 3.8) is 0 Å². The summed E-state index contributed by atoms with van der Waals surface area (Å²) in [6, 6.07) is -3.05. The fourth-order valence-electron chi connectivity index (χ4n) is 8.60. The van der Waals surface area contributed by atoms with Crippen LogP contribution in [0.15, 0.2) is 0 Å². The normalized spacial score (nSPS) is 20.3. The Morgan fingerprint density at radius 1 is 0.449 bits per heavy atom. The van der Waals surface area contributed by atoms with Gasteiger partial charge in [-0.3, -0.25) is 38.7 Å². The molecule has 13 nitrogen and oxygen atoms in total. The summed E-state index contributed by atoms with van der Waals surface area (Å²) in [6.07, 6.45) is 16.9. The second kappa shape index (κ2) is 21.4. The predicted molar refractivity (Wildman–Crippen MR) is 182 cm³/mol. The Labute approximate surface area is 291 Å². The minimum atomic E-state index is -1.17. The summed E-state index contributed by atoms with van der Waals surface area (Å²) in [7, 11) is 0. The van der Waals surface area contributed by atoms with Crippen molar-refractivity contribution in [3.8, 4) is 0 Å². The molecule has 0 radical (unpaired) electrons. The highest BCUT2D eigenvalue weighted by atomic mass is 16.4. The minimum absolute atomic E-state index is 0.00738. The van der Waals surface area contributed by atoms with Gasteiger partial charge in [0, 0.05) is 26.2 Å². The summed E-state index contributed by atoms with van der Waals surface area (Å²) < 4.78 is 0. The van der Waals surface area contributed by atoms with E-state index >= 15 is 0 Å². The molecule has 280 valence electrons. The van der Waals surface area contributed by atoms with Gasteiger partial charge in [-0.05, 0) is 43.4 Å². The van der Waals surface area contributed by atoms with Crippen molar-refractivity contribution < 1.29 is 49.5 Å². The first kappa shape index (κ1) is 40.7. The number of carbonyl (C=O) groups is 5. The van der Waals surface area contributed by atoms with Gasteiger partial charge in [-0.1, -0.05) is 96.3 Å². The second-order valence-electron chi connectivity index (χ2n) is 14.9. The van der Waals surface area contributed by atoms with Gasteiger partial charge in [0.05, 0.1) is 13.1 Å². The first-order chi connectivity index (χ1) is 23.4. The molecule has 0 aromatic rings. The van der Waals surface area contributed by atoms with E-state index in [0.717, 1.165) is 89.9 Å². The van der Waals surface area contributed by atoms with Gasteiger partial charge in [0.15, 0.2) is 0 Å². The number of rotatable bonds is 23. The standard InChI is InChI=1S/C36H61N3O10/c40-32(41)24-38(30(35(46)47)22-27-12-6-2-7-13-27)20-18-37(29(34(44)45)17-16-26-10-4-1-5-11-26)19-21-39(25-33(42)43)31(36(48)49)23-28-14-8-3-9-15-28/h26-31H,1-25H2,(H,40,41)(H,42,43)(H,44,45)(H,46,47)(H,48,49). The summed E-state index contributed by atoms with van der Waals surface area (Å²) in [6.45, 7) is -0.940. The summed E-state index contributed by atoms with van der Waals surface area (Å²) in [4.78, 5) is 66.3. The Kier molecular flexibility index (Phi) is 17.8. The van der Waals surface area contributed by atoms with Crippen molar-refractivity contribution in [2.75, 3.05) is 39.3 Å². The molecule has 13 heteroatoms. The Bertz CT molecular complexity index is 994. The third kappa shape index (κ3) is 14.5. The third-order valence-electron chi connectivity index (χ3n) is 11.3. The van der Waals surface area contributed by atoms with Gasteiger partial charge in [0.1, 0.15) is 18.1 Å². The maximum Gasteiger partial charge on any atom is 0.320 e. The van der Waals surface area contributed by atoms with Crippen LogP contribution < -0.4 is 0 Å². The highest BCUT2D eigenvalue weighted by Crippen LogP contribution is 2.31. The average molecular weight is 696 g/mol.